The van der Waals surface area contributed by atoms with E-state index in [9.17, 15) is 35.1 Å². The summed E-state index contributed by atoms with van der Waals surface area (Å²) in [4.78, 5) is 26.4. The maximum atomic E-state index is 13.3. The summed E-state index contributed by atoms with van der Waals surface area (Å²) < 4.78 is 17.5. The highest BCUT2D eigenvalue weighted by Crippen LogP contribution is 2.26. The van der Waals surface area contributed by atoms with Gasteiger partial charge in [-0.25, -0.2) is 0 Å². The molecule has 1 saturated heterocycles. The third-order valence-electron chi connectivity index (χ3n) is 12.9. The molecule has 0 aromatic heterocycles. The lowest BCUT2D eigenvalue weighted by atomic mass is 9.99. The zero-order valence-corrected chi connectivity index (χ0v) is 44.8. The van der Waals surface area contributed by atoms with Crippen LogP contribution in [0.3, 0.4) is 0 Å². The van der Waals surface area contributed by atoms with Gasteiger partial charge in [-0.1, -0.05) is 228 Å². The zero-order valence-electron chi connectivity index (χ0n) is 44.8. The fourth-order valence-electron chi connectivity index (χ4n) is 8.37. The van der Waals surface area contributed by atoms with E-state index >= 15 is 0 Å². The molecule has 0 aromatic carbocycles. The number of ether oxygens (including phenoxy) is 3. The predicted octanol–water partition coefficient (Wildman–Crippen LogP) is 12.6. The standard InChI is InChI=1S/C60H103NO10/c1-4-7-10-13-16-19-22-25-27-30-33-36-39-42-45-48-55(65)71-58-57(67)56(66)54(49-62)70-60(58)69-50-51(52(63)46-43-40-37-34-31-28-24-21-18-15-12-9-6-3)61-59(68)53(64)47-44-41-38-35-32-29-26-23-20-17-14-11-8-5-2/h8,11,14,17,19-20,22-23,26,29,32,35,43,46,51-54,56-58,60,62-64,66-67H,4-7,9-10,12-13,15-16,18,21,24-25,27-28,30-31,33-34,36-42,44-45,47-50H2,1-3H3,(H,61,68)/b11-8+,17-14+,22-19-,23-20-,29-26-,35-32+,46-43+. The first-order valence-corrected chi connectivity index (χ1v) is 28.4. The first-order chi connectivity index (χ1) is 34.7. The molecule has 0 bridgehead atoms. The summed E-state index contributed by atoms with van der Waals surface area (Å²) in [6.07, 6.45) is 50.5. The largest absolute Gasteiger partial charge is 0.454 e. The molecule has 1 aliphatic rings. The first-order valence-electron chi connectivity index (χ1n) is 28.4. The van der Waals surface area contributed by atoms with Crippen LogP contribution in [0.4, 0.5) is 0 Å². The van der Waals surface area contributed by atoms with Gasteiger partial charge in [-0.15, -0.1) is 0 Å². The number of carbonyl (C=O) groups is 2. The van der Waals surface area contributed by atoms with Gasteiger partial charge in [0.1, 0.15) is 24.4 Å². The molecule has 11 heteroatoms. The summed E-state index contributed by atoms with van der Waals surface area (Å²) in [5.74, 6) is -1.25. The van der Waals surface area contributed by atoms with E-state index in [0.717, 1.165) is 77.0 Å². The first kappa shape index (κ1) is 65.9. The Bertz CT molecular complexity index is 1470. The summed E-state index contributed by atoms with van der Waals surface area (Å²) >= 11 is 0. The molecule has 8 atom stereocenters. The van der Waals surface area contributed by atoms with Crippen molar-refractivity contribution < 1.29 is 49.3 Å². The van der Waals surface area contributed by atoms with E-state index in [1.807, 2.05) is 60.8 Å². The molecule has 0 aromatic rings. The molecule has 1 rings (SSSR count). The normalized spacial score (nSPS) is 20.3. The van der Waals surface area contributed by atoms with Crippen molar-refractivity contribution in [1.82, 2.24) is 5.32 Å². The van der Waals surface area contributed by atoms with Crippen LogP contribution in [0.2, 0.25) is 0 Å². The lowest BCUT2D eigenvalue weighted by Crippen LogP contribution is -2.61. The Morgan fingerprint density at radius 1 is 0.563 bits per heavy atom. The lowest BCUT2D eigenvalue weighted by molar-refractivity contribution is -0.305. The van der Waals surface area contributed by atoms with Crippen molar-refractivity contribution in [3.05, 3.63) is 85.1 Å². The van der Waals surface area contributed by atoms with Crippen LogP contribution < -0.4 is 5.32 Å². The van der Waals surface area contributed by atoms with Gasteiger partial charge in [0.05, 0.1) is 25.4 Å². The highest BCUT2D eigenvalue weighted by molar-refractivity contribution is 5.80. The molecule has 1 heterocycles. The molecule has 0 radical (unpaired) electrons. The molecular formula is C60H103NO10. The fourth-order valence-corrected chi connectivity index (χ4v) is 8.37. The number of carbonyl (C=O) groups excluding carboxylic acids is 2. The van der Waals surface area contributed by atoms with Gasteiger partial charge in [0, 0.05) is 6.42 Å². The van der Waals surface area contributed by atoms with Crippen LogP contribution in [-0.2, 0) is 23.8 Å². The van der Waals surface area contributed by atoms with Crippen LogP contribution in [0, 0.1) is 0 Å². The topological polar surface area (TPSA) is 175 Å². The van der Waals surface area contributed by atoms with E-state index in [-0.39, 0.29) is 19.4 Å². The molecule has 1 aliphatic heterocycles. The minimum Gasteiger partial charge on any atom is -0.454 e. The number of esters is 1. The summed E-state index contributed by atoms with van der Waals surface area (Å²) in [6, 6.07) is -1.05. The van der Waals surface area contributed by atoms with Gasteiger partial charge in [-0.2, -0.15) is 0 Å². The van der Waals surface area contributed by atoms with Crippen molar-refractivity contribution in [2.75, 3.05) is 13.2 Å². The number of hydrogen-bond acceptors (Lipinski definition) is 10. The maximum Gasteiger partial charge on any atom is 0.306 e. The average Bonchev–Trinajstić information content (AvgIpc) is 3.37. The van der Waals surface area contributed by atoms with Crippen LogP contribution in [0.15, 0.2) is 85.1 Å². The van der Waals surface area contributed by atoms with Crippen molar-refractivity contribution in [2.24, 2.45) is 0 Å². The summed E-state index contributed by atoms with van der Waals surface area (Å²) in [7, 11) is 0. The van der Waals surface area contributed by atoms with E-state index in [0.29, 0.717) is 12.8 Å². The Morgan fingerprint density at radius 3 is 1.58 bits per heavy atom. The van der Waals surface area contributed by atoms with E-state index < -0.39 is 67.4 Å². The molecule has 408 valence electrons. The molecule has 0 saturated carbocycles. The Labute approximate surface area is 432 Å². The molecule has 6 N–H and O–H groups in total. The average molecular weight is 998 g/mol. The number of allylic oxidation sites excluding steroid dienone is 13. The van der Waals surface area contributed by atoms with Crippen molar-refractivity contribution in [3.63, 3.8) is 0 Å². The number of rotatable bonds is 46. The number of unbranched alkanes of at least 4 members (excludes halogenated alkanes) is 24. The number of aliphatic hydroxyl groups is 5. The summed E-state index contributed by atoms with van der Waals surface area (Å²) in [5.41, 5.74) is 0. The SMILES string of the molecule is CC/C=C/C=C/C=C\C=C/C=C/CCCCC(O)C(=O)NC(COC1OC(CO)C(O)C(O)C1OC(=O)CCCCCCCCC/C=C\CCCCCC)C(O)/C=C/CCCCCCCCCCCCC. The summed E-state index contributed by atoms with van der Waals surface area (Å²) in [6.45, 7) is 5.58. The summed E-state index contributed by atoms with van der Waals surface area (Å²) in [5, 5.41) is 56.7. The van der Waals surface area contributed by atoms with Crippen LogP contribution in [0.5, 0.6) is 0 Å². The third-order valence-corrected chi connectivity index (χ3v) is 12.9. The Balaban J connectivity index is 2.79. The van der Waals surface area contributed by atoms with E-state index in [1.54, 1.807) is 6.08 Å². The minimum atomic E-state index is -1.63. The van der Waals surface area contributed by atoms with Crippen LogP contribution >= 0.6 is 0 Å². The Kier molecular flexibility index (Phi) is 44.4. The number of amides is 1. The molecule has 11 nitrogen and oxygen atoms in total. The van der Waals surface area contributed by atoms with Gasteiger partial charge in [-0.05, 0) is 70.6 Å². The molecule has 71 heavy (non-hydrogen) atoms. The monoisotopic (exact) mass is 998 g/mol. The van der Waals surface area contributed by atoms with Crippen LogP contribution in [-0.4, -0.2) is 99.6 Å². The van der Waals surface area contributed by atoms with Crippen molar-refractivity contribution in [3.8, 4) is 0 Å². The van der Waals surface area contributed by atoms with Gasteiger partial charge in [-0.3, -0.25) is 9.59 Å². The smallest absolute Gasteiger partial charge is 0.306 e. The van der Waals surface area contributed by atoms with Gasteiger partial charge < -0.3 is 45.1 Å². The number of nitrogens with one attached hydrogen (secondary N) is 1. The van der Waals surface area contributed by atoms with Crippen LogP contribution in [0.25, 0.3) is 0 Å². The molecule has 0 spiro atoms. The van der Waals surface area contributed by atoms with Crippen molar-refractivity contribution >= 4 is 11.9 Å². The molecule has 1 amide bonds. The number of aliphatic hydroxyl groups excluding tert-OH is 5. The van der Waals surface area contributed by atoms with Crippen LogP contribution in [0.1, 0.15) is 220 Å². The van der Waals surface area contributed by atoms with Gasteiger partial charge in [0.25, 0.3) is 0 Å². The fraction of sp³-hybridized carbons (Fsp3) is 0.733. The second-order valence-electron chi connectivity index (χ2n) is 19.4. The highest BCUT2D eigenvalue weighted by Gasteiger charge is 2.47. The molecular weight excluding hydrogens is 895 g/mol. The maximum absolute atomic E-state index is 13.3. The molecule has 1 fully saturated rings. The van der Waals surface area contributed by atoms with Gasteiger partial charge in [0.2, 0.25) is 5.91 Å². The quantitative estimate of drug-likeness (QED) is 0.0149. The van der Waals surface area contributed by atoms with Gasteiger partial charge in [0.15, 0.2) is 12.4 Å². The lowest BCUT2D eigenvalue weighted by Gasteiger charge is -2.41. The highest BCUT2D eigenvalue weighted by atomic mass is 16.7. The zero-order chi connectivity index (χ0) is 51.8. The molecule has 0 aliphatic carbocycles. The Morgan fingerprint density at radius 2 is 1.03 bits per heavy atom. The van der Waals surface area contributed by atoms with E-state index in [4.69, 9.17) is 14.2 Å². The number of hydrogen-bond donors (Lipinski definition) is 6. The van der Waals surface area contributed by atoms with Crippen molar-refractivity contribution in [1.29, 1.82) is 0 Å². The Hall–Kier alpha value is -3.16. The van der Waals surface area contributed by atoms with Gasteiger partial charge >= 0.3 is 5.97 Å². The molecule has 8 unspecified atom stereocenters. The second kappa shape index (κ2) is 47.8. The predicted molar refractivity (Wildman–Crippen MR) is 292 cm³/mol. The minimum absolute atomic E-state index is 0.109. The second-order valence-corrected chi connectivity index (χ2v) is 19.4. The third kappa shape index (κ3) is 36.4. The van der Waals surface area contributed by atoms with E-state index in [2.05, 4.69) is 44.3 Å². The van der Waals surface area contributed by atoms with Crippen molar-refractivity contribution in [2.45, 2.75) is 269 Å². The van der Waals surface area contributed by atoms with E-state index in [1.165, 1.54) is 96.3 Å².